The largest absolute Gasteiger partial charge is 0.442 e. The summed E-state index contributed by atoms with van der Waals surface area (Å²) in [5.41, 5.74) is -0.366. The van der Waals surface area contributed by atoms with Gasteiger partial charge in [0.1, 0.15) is 17.5 Å². The standard InChI is InChI=1S/C30H27F3N8O3/c1-18(27-35-16-24(44-27)17-38(4)5)37-28(42)40-26(25-13-14-36-41(25)22-11-9-21(34-3)10-12-22)19(2)39(29(40)43)23-8-6-7-20(15-23)30(31,32)33/h6-16,18H,17H2,1-2,4-5H3,(H,37,42)/t18-/m0/s1. The summed E-state index contributed by atoms with van der Waals surface area (Å²) in [6, 6.07) is 10.8. The summed E-state index contributed by atoms with van der Waals surface area (Å²) in [5.74, 6) is 0.785. The predicted molar refractivity (Wildman–Crippen MR) is 155 cm³/mol. The van der Waals surface area contributed by atoms with Gasteiger partial charge in [-0.3, -0.25) is 4.57 Å². The highest BCUT2D eigenvalue weighted by atomic mass is 19.4. The molecule has 44 heavy (non-hydrogen) atoms. The molecule has 226 valence electrons. The van der Waals surface area contributed by atoms with E-state index in [9.17, 15) is 22.8 Å². The molecule has 5 aromatic rings. The molecule has 11 nitrogen and oxygen atoms in total. The molecule has 0 aliphatic rings. The molecule has 1 N–H and O–H groups in total. The molecule has 0 saturated heterocycles. The Labute approximate surface area is 249 Å². The van der Waals surface area contributed by atoms with Gasteiger partial charge in [0.05, 0.1) is 53.8 Å². The average Bonchev–Trinajstić information content (AvgIpc) is 3.70. The van der Waals surface area contributed by atoms with Crippen LogP contribution in [0.5, 0.6) is 0 Å². The minimum Gasteiger partial charge on any atom is -0.442 e. The van der Waals surface area contributed by atoms with Gasteiger partial charge in [0.25, 0.3) is 0 Å². The number of nitrogens with zero attached hydrogens (tertiary/aromatic N) is 7. The number of alkyl halides is 3. The molecule has 0 aliphatic heterocycles. The lowest BCUT2D eigenvalue weighted by atomic mass is 10.2. The first-order chi connectivity index (χ1) is 20.9. The van der Waals surface area contributed by atoms with Gasteiger partial charge in [-0.1, -0.05) is 18.2 Å². The second-order valence-electron chi connectivity index (χ2n) is 10.3. The van der Waals surface area contributed by atoms with E-state index in [0.717, 1.165) is 21.3 Å². The molecule has 3 heterocycles. The Morgan fingerprint density at radius 3 is 2.52 bits per heavy atom. The molecule has 14 heteroatoms. The fourth-order valence-electron chi connectivity index (χ4n) is 4.80. The minimum absolute atomic E-state index is 0.0725. The number of hydrogen-bond acceptors (Lipinski definition) is 6. The molecule has 3 aromatic heterocycles. The van der Waals surface area contributed by atoms with E-state index in [2.05, 4.69) is 20.2 Å². The van der Waals surface area contributed by atoms with Crippen molar-refractivity contribution in [3.8, 4) is 22.8 Å². The molecule has 0 aliphatic carbocycles. The Kier molecular flexibility index (Phi) is 7.99. The first-order valence-corrected chi connectivity index (χ1v) is 13.3. The fourth-order valence-corrected chi connectivity index (χ4v) is 4.80. The topological polar surface area (TPSA) is 107 Å². The van der Waals surface area contributed by atoms with Crippen LogP contribution in [0, 0.1) is 13.5 Å². The number of oxazole rings is 1. The van der Waals surface area contributed by atoms with Crippen LogP contribution in [0.25, 0.3) is 27.6 Å². The van der Waals surface area contributed by atoms with Gasteiger partial charge in [0, 0.05) is 0 Å². The number of aromatic nitrogens is 5. The van der Waals surface area contributed by atoms with Crippen molar-refractivity contribution in [2.24, 2.45) is 0 Å². The second kappa shape index (κ2) is 11.7. The Balaban J connectivity index is 1.65. The molecule has 0 spiro atoms. The van der Waals surface area contributed by atoms with Crippen molar-refractivity contribution in [3.63, 3.8) is 0 Å². The molecule has 0 fully saturated rings. The van der Waals surface area contributed by atoms with Crippen LogP contribution in [-0.2, 0) is 12.7 Å². The highest BCUT2D eigenvalue weighted by Gasteiger charge is 2.32. The van der Waals surface area contributed by atoms with Crippen molar-refractivity contribution in [2.75, 3.05) is 14.1 Å². The van der Waals surface area contributed by atoms with E-state index in [1.807, 2.05) is 19.0 Å². The summed E-state index contributed by atoms with van der Waals surface area (Å²) < 4.78 is 49.9. The predicted octanol–water partition coefficient (Wildman–Crippen LogP) is 5.74. The zero-order valence-corrected chi connectivity index (χ0v) is 24.1. The van der Waals surface area contributed by atoms with Crippen molar-refractivity contribution in [3.05, 3.63) is 112 Å². The zero-order valence-electron chi connectivity index (χ0n) is 24.1. The second-order valence-corrected chi connectivity index (χ2v) is 10.3. The van der Waals surface area contributed by atoms with E-state index < -0.39 is 29.5 Å². The smallest absolute Gasteiger partial charge is 0.416 e. The third-order valence-corrected chi connectivity index (χ3v) is 6.78. The van der Waals surface area contributed by atoms with E-state index >= 15 is 0 Å². The van der Waals surface area contributed by atoms with E-state index in [0.29, 0.717) is 29.4 Å². The number of halogens is 3. The monoisotopic (exact) mass is 604 g/mol. The van der Waals surface area contributed by atoms with Crippen LogP contribution in [0.15, 0.2) is 76.2 Å². The van der Waals surface area contributed by atoms with Gasteiger partial charge in [-0.25, -0.2) is 28.7 Å². The zero-order chi connectivity index (χ0) is 31.8. The lowest BCUT2D eigenvalue weighted by Gasteiger charge is -2.14. The van der Waals surface area contributed by atoms with Crippen LogP contribution in [0.4, 0.5) is 23.7 Å². The minimum atomic E-state index is -4.65. The van der Waals surface area contributed by atoms with Crippen molar-refractivity contribution in [2.45, 2.75) is 32.6 Å². The van der Waals surface area contributed by atoms with E-state index in [1.54, 1.807) is 43.5 Å². The van der Waals surface area contributed by atoms with Gasteiger partial charge >= 0.3 is 17.9 Å². The number of carbonyl (C=O) groups excluding carboxylic acids is 1. The summed E-state index contributed by atoms with van der Waals surface area (Å²) in [7, 11) is 3.73. The quantitative estimate of drug-likeness (QED) is 0.238. The Hall–Kier alpha value is -5.42. The molecule has 0 radical (unpaired) electrons. The van der Waals surface area contributed by atoms with Gasteiger partial charge in [-0.15, -0.1) is 0 Å². The lowest BCUT2D eigenvalue weighted by Crippen LogP contribution is -2.38. The maximum atomic E-state index is 14.0. The summed E-state index contributed by atoms with van der Waals surface area (Å²) in [4.78, 5) is 37.3. The molecule has 0 bridgehead atoms. The molecule has 2 aromatic carbocycles. The third kappa shape index (κ3) is 5.77. The maximum Gasteiger partial charge on any atom is 0.416 e. The summed E-state index contributed by atoms with van der Waals surface area (Å²) in [6.45, 7) is 10.9. The molecule has 0 unspecified atom stereocenters. The van der Waals surface area contributed by atoms with Crippen molar-refractivity contribution >= 4 is 11.7 Å². The van der Waals surface area contributed by atoms with Gasteiger partial charge < -0.3 is 14.6 Å². The first kappa shape index (κ1) is 30.1. The Bertz CT molecular complexity index is 1920. The van der Waals surface area contributed by atoms with Crippen molar-refractivity contribution in [1.29, 1.82) is 0 Å². The number of carbonyl (C=O) groups is 1. The maximum absolute atomic E-state index is 14.0. The third-order valence-electron chi connectivity index (χ3n) is 6.78. The molecular formula is C30H27F3N8O3. The van der Waals surface area contributed by atoms with Crippen LogP contribution in [0.3, 0.4) is 0 Å². The highest BCUT2D eigenvalue weighted by molar-refractivity contribution is 5.83. The first-order valence-electron chi connectivity index (χ1n) is 13.3. The van der Waals surface area contributed by atoms with Crippen LogP contribution in [0.2, 0.25) is 0 Å². The highest BCUT2D eigenvalue weighted by Crippen LogP contribution is 2.32. The summed E-state index contributed by atoms with van der Waals surface area (Å²) >= 11 is 0. The van der Waals surface area contributed by atoms with Crippen LogP contribution in [0.1, 0.15) is 35.9 Å². The normalized spacial score (nSPS) is 12.3. The van der Waals surface area contributed by atoms with Gasteiger partial charge in [0.15, 0.2) is 5.69 Å². The molecule has 5 rings (SSSR count). The SMILES string of the molecule is [C-]#[N+]c1ccc(-n2nccc2-c2c(C)n(-c3cccc(C(F)(F)F)c3)c(=O)n2C(=O)N[C@@H](C)c2ncc(CN(C)C)o2)cc1. The molecule has 1 atom stereocenters. The molecular weight excluding hydrogens is 577 g/mol. The number of hydrogen-bond donors (Lipinski definition) is 1. The number of nitrogens with one attached hydrogen (secondary N) is 1. The van der Waals surface area contributed by atoms with Gasteiger partial charge in [-0.05, 0) is 64.3 Å². The number of rotatable bonds is 7. The number of benzene rings is 2. The van der Waals surface area contributed by atoms with Gasteiger partial charge in [-0.2, -0.15) is 18.3 Å². The van der Waals surface area contributed by atoms with Crippen molar-refractivity contribution in [1.82, 2.24) is 34.1 Å². The van der Waals surface area contributed by atoms with Crippen LogP contribution >= 0.6 is 0 Å². The van der Waals surface area contributed by atoms with E-state index in [4.69, 9.17) is 11.0 Å². The number of imidazole rings is 1. The summed E-state index contributed by atoms with van der Waals surface area (Å²) in [6.07, 6.45) is -1.64. The molecule has 0 saturated carbocycles. The van der Waals surface area contributed by atoms with Crippen LogP contribution in [-0.4, -0.2) is 48.9 Å². The lowest BCUT2D eigenvalue weighted by molar-refractivity contribution is -0.137. The fraction of sp³-hybridized carbons (Fsp3) is 0.233. The summed E-state index contributed by atoms with van der Waals surface area (Å²) in [5, 5.41) is 7.08. The van der Waals surface area contributed by atoms with Crippen LogP contribution < -0.4 is 11.0 Å². The Morgan fingerprint density at radius 2 is 1.86 bits per heavy atom. The average molecular weight is 605 g/mol. The van der Waals surface area contributed by atoms with Gasteiger partial charge in [0.2, 0.25) is 5.89 Å². The van der Waals surface area contributed by atoms with Crippen molar-refractivity contribution < 1.29 is 22.4 Å². The Morgan fingerprint density at radius 1 is 1.14 bits per heavy atom. The number of amides is 1. The molecule has 1 amide bonds. The van der Waals surface area contributed by atoms with E-state index in [-0.39, 0.29) is 23.0 Å². The van der Waals surface area contributed by atoms with E-state index in [1.165, 1.54) is 29.9 Å².